The smallest absolute Gasteiger partial charge is 0.169 e. The van der Waals surface area contributed by atoms with Crippen molar-refractivity contribution in [1.29, 1.82) is 0 Å². The molecule has 0 unspecified atom stereocenters. The van der Waals surface area contributed by atoms with Gasteiger partial charge in [0, 0.05) is 0 Å². The van der Waals surface area contributed by atoms with E-state index >= 15 is 0 Å². The van der Waals surface area contributed by atoms with Crippen LogP contribution in [0.2, 0.25) is 0 Å². The number of hydrogen-bond acceptors (Lipinski definition) is 4. The second-order valence-electron chi connectivity index (χ2n) is 4.21. The van der Waals surface area contributed by atoms with E-state index in [1.807, 2.05) is 30.3 Å². The fourth-order valence-corrected chi connectivity index (χ4v) is 2.81. The summed E-state index contributed by atoms with van der Waals surface area (Å²) in [6, 6.07) is 11.0. The van der Waals surface area contributed by atoms with Crippen LogP contribution >= 0.6 is 11.8 Å². The number of ketones is 1. The zero-order valence-corrected chi connectivity index (χ0v) is 11.5. The Morgan fingerprint density at radius 1 is 1.11 bits per heavy atom. The molecule has 4 heteroatoms. The zero-order valence-electron chi connectivity index (χ0n) is 10.7. The number of aliphatic hydroxyl groups excluding tert-OH is 1. The number of carbonyl (C=O) groups excluding carboxylic acids is 1. The van der Waals surface area contributed by atoms with Crippen LogP contribution in [0.5, 0.6) is 5.75 Å². The van der Waals surface area contributed by atoms with E-state index in [-0.39, 0.29) is 22.2 Å². The Morgan fingerprint density at radius 2 is 1.79 bits per heavy atom. The molecule has 0 saturated carbocycles. The molecule has 0 bridgehead atoms. The lowest BCUT2D eigenvalue weighted by atomic mass is 10.1. The highest BCUT2D eigenvalue weighted by atomic mass is 32.2. The minimum absolute atomic E-state index is 0.0372. The van der Waals surface area contributed by atoms with Gasteiger partial charge in [-0.15, -0.1) is 0 Å². The Bertz CT molecular complexity index is 670. The maximum atomic E-state index is 11.5. The number of thioether (sulfide) groups is 1. The molecule has 0 atom stereocenters. The fraction of sp³-hybridized carbons (Fsp3) is 0.133. The van der Waals surface area contributed by atoms with Crippen LogP contribution in [0.25, 0.3) is 10.8 Å². The van der Waals surface area contributed by atoms with Crippen LogP contribution in [0, 0.1) is 0 Å². The first-order valence-corrected chi connectivity index (χ1v) is 6.61. The molecule has 2 aromatic carbocycles. The third kappa shape index (κ3) is 2.74. The van der Waals surface area contributed by atoms with E-state index in [2.05, 4.69) is 0 Å². The van der Waals surface area contributed by atoms with Gasteiger partial charge in [0.2, 0.25) is 0 Å². The Hall–Kier alpha value is -1.94. The summed E-state index contributed by atoms with van der Waals surface area (Å²) in [5, 5.41) is 21.4. The maximum absolute atomic E-state index is 11.5. The largest absolute Gasteiger partial charge is 0.511 e. The molecule has 0 heterocycles. The van der Waals surface area contributed by atoms with Gasteiger partial charge in [0.05, 0.1) is 9.80 Å². The average Bonchev–Trinajstić information content (AvgIpc) is 2.36. The molecule has 2 rings (SSSR count). The number of phenols is 1. The Balaban J connectivity index is 2.60. The standard InChI is InChI=1S/C15H14O3S/c1-9(16)14(10(2)17)19-15-12-6-4-3-5-11(12)7-8-13(15)18/h3-8,16,18H,1-2H3/b14-9+. The van der Waals surface area contributed by atoms with Crippen molar-refractivity contribution in [2.45, 2.75) is 18.7 Å². The lowest BCUT2D eigenvalue weighted by Crippen LogP contribution is -1.96. The van der Waals surface area contributed by atoms with Crippen molar-refractivity contribution in [3.05, 3.63) is 47.1 Å². The highest BCUT2D eigenvalue weighted by Crippen LogP contribution is 2.40. The summed E-state index contributed by atoms with van der Waals surface area (Å²) in [5.41, 5.74) is 0. The molecular formula is C15H14O3S. The number of allylic oxidation sites excluding steroid dienone is 2. The zero-order chi connectivity index (χ0) is 14.0. The number of rotatable bonds is 3. The maximum Gasteiger partial charge on any atom is 0.169 e. The van der Waals surface area contributed by atoms with Crippen molar-refractivity contribution in [2.24, 2.45) is 0 Å². The van der Waals surface area contributed by atoms with Gasteiger partial charge in [0.15, 0.2) is 5.78 Å². The van der Waals surface area contributed by atoms with Gasteiger partial charge in [-0.05, 0) is 30.7 Å². The summed E-state index contributed by atoms with van der Waals surface area (Å²) in [6.07, 6.45) is 0. The lowest BCUT2D eigenvalue weighted by molar-refractivity contribution is -0.113. The van der Waals surface area contributed by atoms with Crippen LogP contribution in [0.3, 0.4) is 0 Å². The molecule has 0 aromatic heterocycles. The third-order valence-corrected chi connectivity index (χ3v) is 4.13. The molecule has 2 aromatic rings. The van der Waals surface area contributed by atoms with Gasteiger partial charge in [-0.1, -0.05) is 42.1 Å². The SMILES string of the molecule is CC(=O)/C(Sc1c(O)ccc2ccccc12)=C(/C)O. The Kier molecular flexibility index (Phi) is 3.81. The first kappa shape index (κ1) is 13.5. The minimum atomic E-state index is -0.225. The molecule has 0 aliphatic heterocycles. The fourth-order valence-electron chi connectivity index (χ4n) is 1.84. The van der Waals surface area contributed by atoms with Gasteiger partial charge >= 0.3 is 0 Å². The van der Waals surface area contributed by atoms with Crippen LogP contribution < -0.4 is 0 Å². The summed E-state index contributed by atoms with van der Waals surface area (Å²) in [5.74, 6) is -0.161. The Labute approximate surface area is 115 Å². The predicted molar refractivity (Wildman–Crippen MR) is 77.5 cm³/mol. The van der Waals surface area contributed by atoms with Gasteiger partial charge in [-0.25, -0.2) is 0 Å². The molecule has 0 radical (unpaired) electrons. The average molecular weight is 274 g/mol. The molecule has 0 fully saturated rings. The van der Waals surface area contributed by atoms with E-state index in [9.17, 15) is 15.0 Å². The minimum Gasteiger partial charge on any atom is -0.511 e. The summed E-state index contributed by atoms with van der Waals surface area (Å²) in [7, 11) is 0. The highest BCUT2D eigenvalue weighted by molar-refractivity contribution is 8.04. The predicted octanol–water partition coefficient (Wildman–Crippen LogP) is 4.02. The molecule has 19 heavy (non-hydrogen) atoms. The van der Waals surface area contributed by atoms with E-state index in [1.165, 1.54) is 13.8 Å². The van der Waals surface area contributed by atoms with E-state index in [0.29, 0.717) is 4.90 Å². The summed E-state index contributed by atoms with van der Waals surface area (Å²) < 4.78 is 0. The number of benzene rings is 2. The number of aromatic hydroxyl groups is 1. The topological polar surface area (TPSA) is 57.5 Å². The number of Topliss-reactive ketones (excluding diaryl/α,β-unsaturated/α-hetero) is 1. The molecule has 3 nitrogen and oxygen atoms in total. The molecule has 98 valence electrons. The molecule has 2 N–H and O–H groups in total. The van der Waals surface area contributed by atoms with E-state index in [4.69, 9.17) is 0 Å². The Morgan fingerprint density at radius 3 is 2.42 bits per heavy atom. The number of aliphatic hydroxyl groups is 1. The van der Waals surface area contributed by atoms with Gasteiger partial charge in [-0.2, -0.15) is 0 Å². The van der Waals surface area contributed by atoms with Crippen LogP contribution in [0.15, 0.2) is 52.0 Å². The van der Waals surface area contributed by atoms with Gasteiger partial charge in [0.25, 0.3) is 0 Å². The number of fused-ring (bicyclic) bond motifs is 1. The van der Waals surface area contributed by atoms with Gasteiger partial charge in [-0.3, -0.25) is 4.79 Å². The molecule has 0 aliphatic rings. The normalized spacial score (nSPS) is 12.3. The first-order chi connectivity index (χ1) is 9.00. The number of phenolic OH excluding ortho intramolecular Hbond substituents is 1. The monoisotopic (exact) mass is 274 g/mol. The van der Waals surface area contributed by atoms with E-state index in [0.717, 1.165) is 22.5 Å². The van der Waals surface area contributed by atoms with Gasteiger partial charge in [0.1, 0.15) is 11.5 Å². The quantitative estimate of drug-likeness (QED) is 0.504. The van der Waals surface area contributed by atoms with Crippen LogP contribution in [-0.2, 0) is 4.79 Å². The lowest BCUT2D eigenvalue weighted by Gasteiger charge is -2.10. The van der Waals surface area contributed by atoms with E-state index < -0.39 is 0 Å². The van der Waals surface area contributed by atoms with Crippen molar-refractivity contribution >= 4 is 28.3 Å². The molecule has 0 saturated heterocycles. The van der Waals surface area contributed by atoms with Crippen LogP contribution in [-0.4, -0.2) is 16.0 Å². The van der Waals surface area contributed by atoms with Gasteiger partial charge < -0.3 is 10.2 Å². The second kappa shape index (κ2) is 5.36. The summed E-state index contributed by atoms with van der Waals surface area (Å²) in [4.78, 5) is 12.3. The van der Waals surface area contributed by atoms with Crippen LogP contribution in [0.1, 0.15) is 13.8 Å². The van der Waals surface area contributed by atoms with Crippen molar-refractivity contribution in [3.63, 3.8) is 0 Å². The van der Waals surface area contributed by atoms with Crippen LogP contribution in [0.4, 0.5) is 0 Å². The van der Waals surface area contributed by atoms with Crippen molar-refractivity contribution in [1.82, 2.24) is 0 Å². The number of carbonyl (C=O) groups is 1. The highest BCUT2D eigenvalue weighted by Gasteiger charge is 2.15. The summed E-state index contributed by atoms with van der Waals surface area (Å²) >= 11 is 1.09. The third-order valence-electron chi connectivity index (χ3n) is 2.71. The molecule has 0 spiro atoms. The van der Waals surface area contributed by atoms with Crippen molar-refractivity contribution in [2.75, 3.05) is 0 Å². The van der Waals surface area contributed by atoms with Crippen molar-refractivity contribution in [3.8, 4) is 5.75 Å². The molecular weight excluding hydrogens is 260 g/mol. The summed E-state index contributed by atoms with van der Waals surface area (Å²) in [6.45, 7) is 2.86. The van der Waals surface area contributed by atoms with E-state index in [1.54, 1.807) is 6.07 Å². The molecule has 0 amide bonds. The first-order valence-electron chi connectivity index (χ1n) is 5.80. The number of hydrogen-bond donors (Lipinski definition) is 2. The molecule has 0 aliphatic carbocycles. The van der Waals surface area contributed by atoms with Crippen molar-refractivity contribution < 1.29 is 15.0 Å². The second-order valence-corrected chi connectivity index (χ2v) is 5.23.